The Morgan fingerprint density at radius 1 is 1.10 bits per heavy atom. The number of sulfone groups is 1. The fourth-order valence-corrected chi connectivity index (χ4v) is 4.58. The van der Waals surface area contributed by atoms with Crippen LogP contribution in [0.2, 0.25) is 0 Å². The van der Waals surface area contributed by atoms with Crippen LogP contribution in [0.3, 0.4) is 0 Å². The molecule has 0 spiro atoms. The van der Waals surface area contributed by atoms with Crippen molar-refractivity contribution in [3.8, 4) is 0 Å². The third-order valence-electron chi connectivity index (χ3n) is 4.29. The monoisotopic (exact) mass is 478 g/mol. The average Bonchev–Trinajstić information content (AvgIpc) is 2.68. The van der Waals surface area contributed by atoms with Crippen LogP contribution in [-0.4, -0.2) is 32.8 Å². The van der Waals surface area contributed by atoms with Gasteiger partial charge in [-0.1, -0.05) is 46.3 Å². The van der Waals surface area contributed by atoms with Crippen LogP contribution in [0.1, 0.15) is 18.5 Å². The lowest BCUT2D eigenvalue weighted by atomic mass is 9.95. The van der Waals surface area contributed by atoms with E-state index in [9.17, 15) is 18.0 Å². The number of hydrogen-bond donors (Lipinski definition) is 2. The predicted octanol–water partition coefficient (Wildman–Crippen LogP) is 3.09. The van der Waals surface area contributed by atoms with Crippen LogP contribution in [0, 0.1) is 0 Å². The number of nitrogens with one attached hydrogen (secondary N) is 2. The molecule has 0 bridgehead atoms. The van der Waals surface area contributed by atoms with Gasteiger partial charge in [0, 0.05) is 10.2 Å². The van der Waals surface area contributed by atoms with Gasteiger partial charge in [0.25, 0.3) is 0 Å². The first-order valence-corrected chi connectivity index (χ1v) is 11.3. The number of urea groups is 1. The number of ether oxygens (including phenoxy) is 1. The minimum atomic E-state index is -3.82. The molecule has 1 heterocycles. The number of esters is 1. The van der Waals surface area contributed by atoms with E-state index < -0.39 is 33.6 Å². The summed E-state index contributed by atoms with van der Waals surface area (Å²) >= 11 is 3.27. The first-order chi connectivity index (χ1) is 13.8. The number of hydrogen-bond acceptors (Lipinski definition) is 5. The second-order valence-corrected chi connectivity index (χ2v) is 9.17. The molecule has 0 saturated carbocycles. The Hall–Kier alpha value is -2.65. The molecule has 2 N–H and O–H groups in total. The van der Waals surface area contributed by atoms with Gasteiger partial charge < -0.3 is 15.4 Å². The molecule has 0 saturated heterocycles. The lowest BCUT2D eigenvalue weighted by molar-refractivity contribution is -0.139. The summed E-state index contributed by atoms with van der Waals surface area (Å²) in [6, 6.07) is 13.6. The Morgan fingerprint density at radius 3 is 2.38 bits per heavy atom. The third-order valence-corrected chi connectivity index (χ3v) is 6.48. The van der Waals surface area contributed by atoms with Crippen molar-refractivity contribution in [3.05, 3.63) is 75.9 Å². The van der Waals surface area contributed by atoms with Crippen molar-refractivity contribution in [1.29, 1.82) is 0 Å². The molecule has 2 aromatic carbocycles. The first-order valence-electron chi connectivity index (χ1n) is 8.82. The van der Waals surface area contributed by atoms with Gasteiger partial charge in [-0.05, 0) is 36.8 Å². The summed E-state index contributed by atoms with van der Waals surface area (Å²) in [4.78, 5) is 25.0. The van der Waals surface area contributed by atoms with Gasteiger partial charge in [-0.3, -0.25) is 0 Å². The molecule has 7 nitrogen and oxygen atoms in total. The van der Waals surface area contributed by atoms with Crippen LogP contribution in [0.25, 0.3) is 0 Å². The first kappa shape index (κ1) is 21.1. The van der Waals surface area contributed by atoms with Gasteiger partial charge in [-0.2, -0.15) is 0 Å². The zero-order valence-corrected chi connectivity index (χ0v) is 17.9. The molecule has 1 aliphatic rings. The van der Waals surface area contributed by atoms with Gasteiger partial charge >= 0.3 is 12.0 Å². The standard InChI is InChI=1S/C20H19BrN2O5S/c1-2-28-19(24)17-16(12-29(26,27)15-10-8-14(21)9-11-15)22-20(25)23-18(17)13-6-4-3-5-7-13/h3-11,18H,2,12H2,1H3,(H2,22,23,25)/t18-/m0/s1. The summed E-state index contributed by atoms with van der Waals surface area (Å²) in [6.07, 6.45) is 0. The van der Waals surface area contributed by atoms with E-state index in [0.717, 1.165) is 4.47 Å². The van der Waals surface area contributed by atoms with Gasteiger partial charge in [0.1, 0.15) is 0 Å². The van der Waals surface area contributed by atoms with Gasteiger partial charge in [0.05, 0.1) is 28.9 Å². The smallest absolute Gasteiger partial charge is 0.338 e. The van der Waals surface area contributed by atoms with E-state index in [-0.39, 0.29) is 22.8 Å². The van der Waals surface area contributed by atoms with Gasteiger partial charge in [0.2, 0.25) is 0 Å². The van der Waals surface area contributed by atoms with Crippen molar-refractivity contribution in [2.24, 2.45) is 0 Å². The average molecular weight is 479 g/mol. The van der Waals surface area contributed by atoms with Gasteiger partial charge in [-0.25, -0.2) is 18.0 Å². The second kappa shape index (κ2) is 8.79. The highest BCUT2D eigenvalue weighted by atomic mass is 79.9. The normalized spacial score (nSPS) is 16.8. The molecule has 152 valence electrons. The van der Waals surface area contributed by atoms with Crippen LogP contribution in [0.5, 0.6) is 0 Å². The van der Waals surface area contributed by atoms with Crippen molar-refractivity contribution < 1.29 is 22.7 Å². The zero-order chi connectivity index (χ0) is 21.0. The Balaban J connectivity index is 2.08. The highest BCUT2D eigenvalue weighted by molar-refractivity contribution is 9.10. The van der Waals surface area contributed by atoms with E-state index >= 15 is 0 Å². The maximum absolute atomic E-state index is 12.9. The number of carbonyl (C=O) groups excluding carboxylic acids is 2. The largest absolute Gasteiger partial charge is 0.463 e. The minimum absolute atomic E-state index is 0.00368. The molecule has 0 unspecified atom stereocenters. The van der Waals surface area contributed by atoms with E-state index in [4.69, 9.17) is 4.74 Å². The number of carbonyl (C=O) groups is 2. The van der Waals surface area contributed by atoms with E-state index in [0.29, 0.717) is 5.56 Å². The minimum Gasteiger partial charge on any atom is -0.463 e. The molecule has 2 amide bonds. The second-order valence-electron chi connectivity index (χ2n) is 6.27. The summed E-state index contributed by atoms with van der Waals surface area (Å²) in [5.74, 6) is -1.23. The molecule has 0 aliphatic carbocycles. The molecule has 0 aromatic heterocycles. The third kappa shape index (κ3) is 4.86. The molecule has 0 radical (unpaired) electrons. The van der Waals surface area contributed by atoms with Crippen LogP contribution in [-0.2, 0) is 19.4 Å². The molecule has 3 rings (SSSR count). The molecule has 9 heteroatoms. The highest BCUT2D eigenvalue weighted by Gasteiger charge is 2.35. The number of amides is 2. The highest BCUT2D eigenvalue weighted by Crippen LogP contribution is 2.29. The quantitative estimate of drug-likeness (QED) is 0.621. The SMILES string of the molecule is CCOC(=O)C1=C(CS(=O)(=O)c2ccc(Br)cc2)NC(=O)N[C@H]1c1ccccc1. The summed E-state index contributed by atoms with van der Waals surface area (Å²) in [6.45, 7) is 1.77. The van der Waals surface area contributed by atoms with Crippen molar-refractivity contribution in [2.45, 2.75) is 17.9 Å². The van der Waals surface area contributed by atoms with E-state index in [2.05, 4.69) is 26.6 Å². The number of halogens is 1. The Bertz CT molecular complexity index is 1050. The Kier molecular flexibility index (Phi) is 6.39. The van der Waals surface area contributed by atoms with Crippen molar-refractivity contribution in [2.75, 3.05) is 12.4 Å². The maximum atomic E-state index is 12.9. The molecule has 29 heavy (non-hydrogen) atoms. The zero-order valence-electron chi connectivity index (χ0n) is 15.5. The maximum Gasteiger partial charge on any atom is 0.338 e. The van der Waals surface area contributed by atoms with Crippen molar-refractivity contribution in [1.82, 2.24) is 10.6 Å². The fraction of sp³-hybridized carbons (Fsp3) is 0.200. The number of benzene rings is 2. The lowest BCUT2D eigenvalue weighted by Crippen LogP contribution is -2.47. The fourth-order valence-electron chi connectivity index (χ4n) is 2.99. The summed E-state index contributed by atoms with van der Waals surface area (Å²) in [7, 11) is -3.82. The van der Waals surface area contributed by atoms with Gasteiger partial charge in [-0.15, -0.1) is 0 Å². The van der Waals surface area contributed by atoms with Crippen molar-refractivity contribution >= 4 is 37.8 Å². The molecule has 1 atom stereocenters. The van der Waals surface area contributed by atoms with E-state index in [1.807, 2.05) is 0 Å². The Morgan fingerprint density at radius 2 is 1.76 bits per heavy atom. The van der Waals surface area contributed by atoms with Gasteiger partial charge in [0.15, 0.2) is 9.84 Å². The topological polar surface area (TPSA) is 102 Å². The molecular formula is C20H19BrN2O5S. The molecule has 2 aromatic rings. The number of rotatable bonds is 6. The Labute approximate surface area is 177 Å². The summed E-state index contributed by atoms with van der Waals surface area (Å²) in [5.41, 5.74) is 0.714. The lowest BCUT2D eigenvalue weighted by Gasteiger charge is -2.29. The van der Waals surface area contributed by atoms with Crippen LogP contribution < -0.4 is 10.6 Å². The molecule has 0 fully saturated rings. The molecular weight excluding hydrogens is 460 g/mol. The molecule has 1 aliphatic heterocycles. The van der Waals surface area contributed by atoms with Crippen LogP contribution in [0.4, 0.5) is 4.79 Å². The predicted molar refractivity (Wildman–Crippen MR) is 111 cm³/mol. The summed E-state index contributed by atoms with van der Waals surface area (Å²) in [5, 5.41) is 5.16. The van der Waals surface area contributed by atoms with Crippen LogP contribution >= 0.6 is 15.9 Å². The van der Waals surface area contributed by atoms with Crippen molar-refractivity contribution in [3.63, 3.8) is 0 Å². The van der Waals surface area contributed by atoms with E-state index in [1.165, 1.54) is 12.1 Å². The van der Waals surface area contributed by atoms with Crippen LogP contribution in [0.15, 0.2) is 75.2 Å². The van der Waals surface area contributed by atoms with E-state index in [1.54, 1.807) is 49.4 Å². The summed E-state index contributed by atoms with van der Waals surface area (Å²) < 4.78 is 31.7.